The van der Waals surface area contributed by atoms with Crippen LogP contribution in [0.5, 0.6) is 0 Å². The quantitative estimate of drug-likeness (QED) is 0.780. The molecule has 2 nitrogen and oxygen atoms in total. The van der Waals surface area contributed by atoms with Crippen molar-refractivity contribution in [2.24, 2.45) is 0 Å². The Labute approximate surface area is 106 Å². The molecule has 96 valence electrons. The number of hydrogen-bond acceptors (Lipinski definition) is 2. The molecular weight excluding hydrogens is 208 g/mol. The van der Waals surface area contributed by atoms with E-state index in [0.29, 0.717) is 12.1 Å². The Hall–Kier alpha value is -0.860. The van der Waals surface area contributed by atoms with Gasteiger partial charge in [0.25, 0.3) is 0 Å². The van der Waals surface area contributed by atoms with Gasteiger partial charge in [-0.15, -0.1) is 0 Å². The van der Waals surface area contributed by atoms with Crippen LogP contribution in [0.4, 0.5) is 0 Å². The summed E-state index contributed by atoms with van der Waals surface area (Å²) in [5.41, 5.74) is 1.38. The first-order valence-corrected chi connectivity index (χ1v) is 6.65. The van der Waals surface area contributed by atoms with Crippen LogP contribution >= 0.6 is 0 Å². The van der Waals surface area contributed by atoms with Crippen LogP contribution in [-0.2, 0) is 0 Å². The van der Waals surface area contributed by atoms with Crippen molar-refractivity contribution >= 4 is 0 Å². The van der Waals surface area contributed by atoms with Gasteiger partial charge in [0.1, 0.15) is 0 Å². The Morgan fingerprint density at radius 2 is 1.82 bits per heavy atom. The van der Waals surface area contributed by atoms with Gasteiger partial charge in [-0.3, -0.25) is 0 Å². The van der Waals surface area contributed by atoms with Gasteiger partial charge in [0, 0.05) is 18.6 Å². The molecule has 0 aliphatic heterocycles. The van der Waals surface area contributed by atoms with E-state index in [2.05, 4.69) is 61.3 Å². The molecule has 0 aliphatic rings. The summed E-state index contributed by atoms with van der Waals surface area (Å²) in [5, 5.41) is 3.41. The molecule has 0 aliphatic carbocycles. The van der Waals surface area contributed by atoms with E-state index in [9.17, 15) is 0 Å². The second-order valence-corrected chi connectivity index (χ2v) is 4.76. The Bertz CT molecular complexity index is 295. The number of nitrogens with one attached hydrogen (secondary N) is 1. The molecule has 0 saturated heterocycles. The smallest absolute Gasteiger partial charge is 0.0329 e. The van der Waals surface area contributed by atoms with Crippen LogP contribution in [0.15, 0.2) is 30.3 Å². The molecule has 0 radical (unpaired) electrons. The molecule has 17 heavy (non-hydrogen) atoms. The van der Waals surface area contributed by atoms with Crippen LogP contribution in [-0.4, -0.2) is 31.1 Å². The minimum Gasteiger partial charge on any atom is -0.313 e. The van der Waals surface area contributed by atoms with Crippen molar-refractivity contribution in [2.75, 3.05) is 20.1 Å². The fraction of sp³-hybridized carbons (Fsp3) is 0.600. The lowest BCUT2D eigenvalue weighted by molar-refractivity contribution is 0.221. The maximum atomic E-state index is 3.41. The van der Waals surface area contributed by atoms with Gasteiger partial charge in [-0.1, -0.05) is 37.3 Å². The van der Waals surface area contributed by atoms with E-state index in [0.717, 1.165) is 19.5 Å². The van der Waals surface area contributed by atoms with Gasteiger partial charge in [-0.25, -0.2) is 0 Å². The summed E-state index contributed by atoms with van der Waals surface area (Å²) in [6, 6.07) is 11.8. The first-order chi connectivity index (χ1) is 8.19. The zero-order chi connectivity index (χ0) is 12.7. The molecule has 1 aromatic rings. The van der Waals surface area contributed by atoms with Crippen molar-refractivity contribution < 1.29 is 0 Å². The first kappa shape index (κ1) is 14.2. The van der Waals surface area contributed by atoms with Gasteiger partial charge in [0.15, 0.2) is 0 Å². The van der Waals surface area contributed by atoms with E-state index in [1.807, 2.05) is 7.05 Å². The van der Waals surface area contributed by atoms with Gasteiger partial charge in [-0.2, -0.15) is 0 Å². The largest absolute Gasteiger partial charge is 0.313 e. The number of hydrogen-bond donors (Lipinski definition) is 1. The third-order valence-corrected chi connectivity index (χ3v) is 3.39. The molecule has 0 spiro atoms. The molecule has 1 aromatic carbocycles. The Balaban J connectivity index is 2.53. The Morgan fingerprint density at radius 3 is 2.29 bits per heavy atom. The van der Waals surface area contributed by atoms with Crippen molar-refractivity contribution in [1.82, 2.24) is 10.2 Å². The van der Waals surface area contributed by atoms with E-state index >= 15 is 0 Å². The van der Waals surface area contributed by atoms with Crippen LogP contribution in [0.1, 0.15) is 38.8 Å². The number of benzene rings is 1. The topological polar surface area (TPSA) is 15.3 Å². The zero-order valence-corrected chi connectivity index (χ0v) is 11.6. The normalized spacial score (nSPS) is 13.3. The van der Waals surface area contributed by atoms with Gasteiger partial charge in [-0.05, 0) is 39.4 Å². The van der Waals surface area contributed by atoms with Crippen LogP contribution in [0.3, 0.4) is 0 Å². The molecule has 1 unspecified atom stereocenters. The number of rotatable bonds is 7. The fourth-order valence-corrected chi connectivity index (χ4v) is 2.24. The molecule has 0 bridgehead atoms. The van der Waals surface area contributed by atoms with Gasteiger partial charge in [0.2, 0.25) is 0 Å². The number of nitrogens with zero attached hydrogens (tertiary/aromatic N) is 1. The lowest BCUT2D eigenvalue weighted by Gasteiger charge is -2.27. The third-order valence-electron chi connectivity index (χ3n) is 3.39. The van der Waals surface area contributed by atoms with E-state index in [-0.39, 0.29) is 0 Å². The summed E-state index contributed by atoms with van der Waals surface area (Å²) in [6.07, 6.45) is 1.16. The summed E-state index contributed by atoms with van der Waals surface area (Å²) >= 11 is 0. The van der Waals surface area contributed by atoms with E-state index in [1.165, 1.54) is 5.56 Å². The summed E-state index contributed by atoms with van der Waals surface area (Å²) < 4.78 is 0. The van der Waals surface area contributed by atoms with Crippen LogP contribution in [0, 0.1) is 0 Å². The van der Waals surface area contributed by atoms with Gasteiger partial charge in [0.05, 0.1) is 0 Å². The van der Waals surface area contributed by atoms with Crippen molar-refractivity contribution in [1.29, 1.82) is 0 Å². The first-order valence-electron chi connectivity index (χ1n) is 6.65. The summed E-state index contributed by atoms with van der Waals surface area (Å²) in [6.45, 7) is 9.04. The van der Waals surface area contributed by atoms with Crippen LogP contribution < -0.4 is 5.32 Å². The molecule has 0 aromatic heterocycles. The average Bonchev–Trinajstić information content (AvgIpc) is 2.35. The van der Waals surface area contributed by atoms with Gasteiger partial charge < -0.3 is 10.2 Å². The summed E-state index contributed by atoms with van der Waals surface area (Å²) in [5.74, 6) is 0. The zero-order valence-electron chi connectivity index (χ0n) is 11.6. The van der Waals surface area contributed by atoms with Crippen molar-refractivity contribution in [3.63, 3.8) is 0 Å². The van der Waals surface area contributed by atoms with E-state index < -0.39 is 0 Å². The van der Waals surface area contributed by atoms with Crippen molar-refractivity contribution in [2.45, 2.75) is 39.3 Å². The lowest BCUT2D eigenvalue weighted by Crippen LogP contribution is -2.33. The average molecular weight is 234 g/mol. The molecule has 0 saturated carbocycles. The van der Waals surface area contributed by atoms with Crippen molar-refractivity contribution in [3.8, 4) is 0 Å². The molecule has 0 amide bonds. The highest BCUT2D eigenvalue weighted by molar-refractivity contribution is 5.18. The standard InChI is InChI=1S/C15H26N2/c1-5-17(13(2)3)12-11-15(16-4)14-9-7-6-8-10-14/h6-10,13,15-16H,5,11-12H2,1-4H3. The van der Waals surface area contributed by atoms with Gasteiger partial charge >= 0.3 is 0 Å². The highest BCUT2D eigenvalue weighted by atomic mass is 15.1. The second kappa shape index (κ2) is 7.46. The predicted octanol–water partition coefficient (Wildman–Crippen LogP) is 3.07. The minimum absolute atomic E-state index is 0.462. The Morgan fingerprint density at radius 1 is 1.18 bits per heavy atom. The third kappa shape index (κ3) is 4.49. The summed E-state index contributed by atoms with van der Waals surface area (Å²) in [4.78, 5) is 2.51. The van der Waals surface area contributed by atoms with Crippen molar-refractivity contribution in [3.05, 3.63) is 35.9 Å². The molecular formula is C15H26N2. The monoisotopic (exact) mass is 234 g/mol. The molecule has 1 atom stereocenters. The second-order valence-electron chi connectivity index (χ2n) is 4.76. The molecule has 2 heteroatoms. The highest BCUT2D eigenvalue weighted by Gasteiger charge is 2.12. The predicted molar refractivity (Wildman–Crippen MR) is 75.2 cm³/mol. The van der Waals surface area contributed by atoms with Crippen LogP contribution in [0.2, 0.25) is 0 Å². The van der Waals surface area contributed by atoms with E-state index in [1.54, 1.807) is 0 Å². The Kier molecular flexibility index (Phi) is 6.23. The SMILES string of the molecule is CCN(CCC(NC)c1ccccc1)C(C)C. The molecule has 0 heterocycles. The summed E-state index contributed by atoms with van der Waals surface area (Å²) in [7, 11) is 2.04. The van der Waals surface area contributed by atoms with E-state index in [4.69, 9.17) is 0 Å². The van der Waals surface area contributed by atoms with Crippen LogP contribution in [0.25, 0.3) is 0 Å². The lowest BCUT2D eigenvalue weighted by atomic mass is 10.0. The maximum Gasteiger partial charge on any atom is 0.0329 e. The molecule has 1 N–H and O–H groups in total. The molecule has 1 rings (SSSR count). The maximum absolute atomic E-state index is 3.41. The fourth-order valence-electron chi connectivity index (χ4n) is 2.24. The minimum atomic E-state index is 0.462. The molecule has 0 fully saturated rings. The highest BCUT2D eigenvalue weighted by Crippen LogP contribution is 2.16.